The average Bonchev–Trinajstić information content (AvgIpc) is 3.30. The summed E-state index contributed by atoms with van der Waals surface area (Å²) in [4.78, 5) is 35.3. The number of thiophene rings is 1. The van der Waals surface area contributed by atoms with Crippen LogP contribution in [0.1, 0.15) is 38.5 Å². The van der Waals surface area contributed by atoms with E-state index in [4.69, 9.17) is 11.6 Å². The molecule has 3 fully saturated rings. The lowest BCUT2D eigenvalue weighted by Crippen LogP contribution is -2.41. The van der Waals surface area contributed by atoms with Crippen LogP contribution in [0.5, 0.6) is 0 Å². The number of carbonyl (C=O) groups is 2. The van der Waals surface area contributed by atoms with E-state index in [2.05, 4.69) is 39.7 Å². The molecule has 2 unspecified atom stereocenters. The zero-order valence-corrected chi connectivity index (χ0v) is 25.1. The van der Waals surface area contributed by atoms with Crippen LogP contribution in [0.3, 0.4) is 0 Å². The van der Waals surface area contributed by atoms with Gasteiger partial charge < -0.3 is 9.47 Å². The first kappa shape index (κ1) is 26.6. The SMILES string of the molecule is CCN1CCC(C#N)(Cn2ccc3cc(Cl)cc(-c4ccnc5cc(CN6C(=O)C7C(C6=O)C7(C)C)sc45)c32)CC1. The minimum absolute atomic E-state index is 0.0544. The Morgan fingerprint density at radius 3 is 2.51 bits per heavy atom. The van der Waals surface area contributed by atoms with Gasteiger partial charge in [0.1, 0.15) is 0 Å². The van der Waals surface area contributed by atoms with Crippen molar-refractivity contribution < 1.29 is 9.59 Å². The van der Waals surface area contributed by atoms with E-state index in [0.29, 0.717) is 11.6 Å². The summed E-state index contributed by atoms with van der Waals surface area (Å²) in [5.74, 6) is -0.476. The summed E-state index contributed by atoms with van der Waals surface area (Å²) in [6, 6.07) is 12.7. The van der Waals surface area contributed by atoms with Gasteiger partial charge >= 0.3 is 0 Å². The Kier molecular flexibility index (Phi) is 6.10. The highest BCUT2D eigenvalue weighted by Crippen LogP contribution is 2.63. The number of imide groups is 1. The molecule has 41 heavy (non-hydrogen) atoms. The van der Waals surface area contributed by atoms with Gasteiger partial charge in [-0.15, -0.1) is 11.3 Å². The molecule has 3 aliphatic rings. The number of benzene rings is 1. The fraction of sp³-hybridized carbons (Fsp3) is 0.438. The highest BCUT2D eigenvalue weighted by Gasteiger charge is 2.72. The van der Waals surface area contributed by atoms with Gasteiger partial charge in [0, 0.05) is 45.4 Å². The summed E-state index contributed by atoms with van der Waals surface area (Å²) < 4.78 is 3.22. The summed E-state index contributed by atoms with van der Waals surface area (Å²) in [6.07, 6.45) is 5.57. The van der Waals surface area contributed by atoms with Crippen LogP contribution >= 0.6 is 22.9 Å². The van der Waals surface area contributed by atoms with Crippen molar-refractivity contribution in [2.45, 2.75) is 46.7 Å². The number of aromatic nitrogens is 2. The maximum atomic E-state index is 13.0. The molecule has 0 N–H and O–H groups in total. The van der Waals surface area contributed by atoms with Gasteiger partial charge in [-0.3, -0.25) is 19.5 Å². The third kappa shape index (κ3) is 4.12. The van der Waals surface area contributed by atoms with Crippen LogP contribution in [0.25, 0.3) is 32.2 Å². The van der Waals surface area contributed by atoms with Gasteiger partial charge in [0.2, 0.25) is 11.8 Å². The second kappa shape index (κ2) is 9.38. The number of hydrogen-bond acceptors (Lipinski definition) is 6. The molecule has 9 heteroatoms. The van der Waals surface area contributed by atoms with Gasteiger partial charge in [0.15, 0.2) is 0 Å². The standard InChI is InChI=1S/C32H32ClN5O2S/c1-4-36-11-7-32(17-34,8-12-36)18-37-10-6-19-13-20(33)14-23(27(19)37)22-5-9-35-24-15-21(41-28(22)24)16-38-29(39)25-26(30(38)40)31(25,2)3/h5-6,9-10,13-15,25-26H,4,7-8,11-12,16,18H2,1-3H3. The Hall–Kier alpha value is -3.25. The minimum atomic E-state index is -0.414. The Bertz CT molecular complexity index is 1750. The summed E-state index contributed by atoms with van der Waals surface area (Å²) in [7, 11) is 0. The topological polar surface area (TPSA) is 82.2 Å². The number of likely N-dealkylation sites (tertiary alicyclic amines) is 2. The van der Waals surface area contributed by atoms with Crippen molar-refractivity contribution in [1.29, 1.82) is 5.26 Å². The van der Waals surface area contributed by atoms with Crippen molar-refractivity contribution in [3.8, 4) is 17.2 Å². The smallest absolute Gasteiger partial charge is 0.234 e. The lowest BCUT2D eigenvalue weighted by molar-refractivity contribution is -0.143. The Morgan fingerprint density at radius 1 is 1.10 bits per heavy atom. The minimum Gasteiger partial charge on any atom is -0.345 e. The molecule has 0 radical (unpaired) electrons. The van der Waals surface area contributed by atoms with Crippen LogP contribution in [0, 0.1) is 34.0 Å². The molecule has 2 amide bonds. The number of nitrogens with zero attached hydrogens (tertiary/aromatic N) is 5. The molecule has 1 aromatic carbocycles. The van der Waals surface area contributed by atoms with Gasteiger partial charge in [-0.05, 0) is 68.2 Å². The second-order valence-corrected chi connectivity index (χ2v) is 14.1. The molecule has 1 aliphatic carbocycles. The second-order valence-electron chi connectivity index (χ2n) is 12.5. The number of fused-ring (bicyclic) bond motifs is 3. The van der Waals surface area contributed by atoms with Gasteiger partial charge in [-0.1, -0.05) is 32.4 Å². The quantitative estimate of drug-likeness (QED) is 0.247. The molecule has 3 aromatic heterocycles. The van der Waals surface area contributed by atoms with Gasteiger partial charge in [-0.25, -0.2) is 0 Å². The predicted molar refractivity (Wildman–Crippen MR) is 161 cm³/mol. The highest BCUT2D eigenvalue weighted by molar-refractivity contribution is 7.19. The van der Waals surface area contributed by atoms with Crippen molar-refractivity contribution in [1.82, 2.24) is 19.4 Å². The Morgan fingerprint density at radius 2 is 1.83 bits per heavy atom. The number of pyridine rings is 1. The molecule has 7 rings (SSSR count). The first-order chi connectivity index (χ1) is 19.7. The van der Waals surface area contributed by atoms with E-state index < -0.39 is 5.41 Å². The van der Waals surface area contributed by atoms with E-state index in [1.54, 1.807) is 17.5 Å². The van der Waals surface area contributed by atoms with Crippen LogP contribution in [-0.2, 0) is 22.7 Å². The van der Waals surface area contributed by atoms with E-state index in [9.17, 15) is 14.9 Å². The molecule has 2 aliphatic heterocycles. The van der Waals surface area contributed by atoms with Crippen LogP contribution in [0.15, 0.2) is 42.7 Å². The molecule has 7 nitrogen and oxygen atoms in total. The van der Waals surface area contributed by atoms with Crippen molar-refractivity contribution >= 4 is 55.9 Å². The maximum Gasteiger partial charge on any atom is 0.234 e. The van der Waals surface area contributed by atoms with Crippen LogP contribution in [0.2, 0.25) is 5.02 Å². The monoisotopic (exact) mass is 585 g/mol. The maximum absolute atomic E-state index is 13.0. The third-order valence-electron chi connectivity index (χ3n) is 9.75. The zero-order valence-electron chi connectivity index (χ0n) is 23.5. The number of nitriles is 1. The molecule has 0 spiro atoms. The molecule has 5 heterocycles. The zero-order chi connectivity index (χ0) is 28.7. The van der Waals surface area contributed by atoms with Gasteiger partial charge in [0.25, 0.3) is 0 Å². The van der Waals surface area contributed by atoms with E-state index in [1.807, 2.05) is 38.1 Å². The van der Waals surface area contributed by atoms with Crippen LogP contribution in [-0.4, -0.2) is 50.8 Å². The lowest BCUT2D eigenvalue weighted by Gasteiger charge is -2.37. The normalized spacial score (nSPS) is 23.3. The van der Waals surface area contributed by atoms with Crippen LogP contribution in [0.4, 0.5) is 0 Å². The lowest BCUT2D eigenvalue weighted by atomic mass is 9.79. The van der Waals surface area contributed by atoms with E-state index >= 15 is 0 Å². The van der Waals surface area contributed by atoms with Gasteiger partial charge in [-0.2, -0.15) is 5.26 Å². The summed E-state index contributed by atoms with van der Waals surface area (Å²) in [5.41, 5.74) is 3.25. The molecular weight excluding hydrogens is 554 g/mol. The number of carbonyl (C=O) groups excluding carboxylic acids is 2. The largest absolute Gasteiger partial charge is 0.345 e. The van der Waals surface area contributed by atoms with E-state index in [0.717, 1.165) is 69.6 Å². The Balaban J connectivity index is 1.26. The number of amides is 2. The molecule has 2 saturated heterocycles. The third-order valence-corrected chi connectivity index (χ3v) is 11.1. The van der Waals surface area contributed by atoms with Crippen molar-refractivity contribution in [2.24, 2.45) is 22.7 Å². The first-order valence-electron chi connectivity index (χ1n) is 14.3. The van der Waals surface area contributed by atoms with E-state index in [1.165, 1.54) is 4.90 Å². The number of piperidine rings is 2. The summed E-state index contributed by atoms with van der Waals surface area (Å²) in [5, 5.41) is 12.0. The fourth-order valence-corrected chi connectivity index (χ4v) is 8.53. The number of halogens is 1. The summed E-state index contributed by atoms with van der Waals surface area (Å²) >= 11 is 8.21. The number of hydrogen-bond donors (Lipinski definition) is 0. The highest BCUT2D eigenvalue weighted by atomic mass is 35.5. The van der Waals surface area contributed by atoms with Crippen molar-refractivity contribution in [3.63, 3.8) is 0 Å². The molecule has 210 valence electrons. The Labute approximate surface area is 248 Å². The average molecular weight is 586 g/mol. The van der Waals surface area contributed by atoms with E-state index in [-0.39, 0.29) is 35.6 Å². The molecule has 0 bridgehead atoms. The molecule has 2 atom stereocenters. The number of rotatable bonds is 6. The molecule has 1 saturated carbocycles. The van der Waals surface area contributed by atoms with Crippen LogP contribution < -0.4 is 0 Å². The first-order valence-corrected chi connectivity index (χ1v) is 15.5. The molecular formula is C32H32ClN5O2S. The van der Waals surface area contributed by atoms with Crippen molar-refractivity contribution in [3.05, 3.63) is 52.6 Å². The predicted octanol–water partition coefficient (Wildman–Crippen LogP) is 6.34. The summed E-state index contributed by atoms with van der Waals surface area (Å²) in [6.45, 7) is 9.96. The van der Waals surface area contributed by atoms with Crippen molar-refractivity contribution in [2.75, 3.05) is 19.6 Å². The fourth-order valence-electron chi connectivity index (χ4n) is 7.17. The molecule has 4 aromatic rings. The van der Waals surface area contributed by atoms with Gasteiger partial charge in [0.05, 0.1) is 45.6 Å².